The minimum absolute atomic E-state index is 0. The van der Waals surface area contributed by atoms with Crippen LogP contribution in [0.2, 0.25) is 65.0 Å². The highest BCUT2D eigenvalue weighted by Gasteiger charge is 2.43. The van der Waals surface area contributed by atoms with Gasteiger partial charge in [0.2, 0.25) is 0 Å². The van der Waals surface area contributed by atoms with Crippen LogP contribution in [0.3, 0.4) is 0 Å². The van der Waals surface area contributed by atoms with Crippen molar-refractivity contribution in [3.8, 4) is 0 Å². The summed E-state index contributed by atoms with van der Waals surface area (Å²) in [5, 5.41) is 0. The lowest BCUT2D eigenvalue weighted by atomic mass is 10.3. The van der Waals surface area contributed by atoms with E-state index in [1.165, 1.54) is 6.42 Å². The van der Waals surface area contributed by atoms with Gasteiger partial charge in [0, 0.05) is 13.2 Å². The highest BCUT2D eigenvalue weighted by molar-refractivity contribution is 6.89. The van der Waals surface area contributed by atoms with E-state index in [9.17, 15) is 0 Å². The summed E-state index contributed by atoms with van der Waals surface area (Å²) in [6.45, 7) is 24.0. The number of rotatable bonds is 14. The molecule has 0 aromatic rings. The van der Waals surface area contributed by atoms with Crippen LogP contribution in [-0.2, 0) is 17.1 Å². The van der Waals surface area contributed by atoms with Gasteiger partial charge >= 0.3 is 17.1 Å². The van der Waals surface area contributed by atoms with Gasteiger partial charge in [-0.05, 0) is 77.8 Å². The van der Waals surface area contributed by atoms with Gasteiger partial charge in [0.25, 0.3) is 0 Å². The molecule has 29 heavy (non-hydrogen) atoms. The number of hydrogen-bond donors (Lipinski definition) is 0. The van der Waals surface area contributed by atoms with Crippen molar-refractivity contribution in [2.75, 3.05) is 13.2 Å². The van der Waals surface area contributed by atoms with Crippen molar-refractivity contribution >= 4 is 33.8 Å². The van der Waals surface area contributed by atoms with Crippen LogP contribution in [0.5, 0.6) is 0 Å². The molecule has 0 saturated heterocycles. The minimum atomic E-state index is -2.22. The summed E-state index contributed by atoms with van der Waals surface area (Å²) in [6, 6.07) is 1.05. The summed E-state index contributed by atoms with van der Waals surface area (Å²) in [5.41, 5.74) is 0. The SMILES string of the molecule is C.C.C.C.CCCOCCCCC[Si](C)(O[Si](C)(C)C)O[Si](C)(C)O[Si](C)(C)C. The summed E-state index contributed by atoms with van der Waals surface area (Å²) in [6.07, 6.45) is 4.56. The van der Waals surface area contributed by atoms with Crippen LogP contribution in [0.1, 0.15) is 62.3 Å². The summed E-state index contributed by atoms with van der Waals surface area (Å²) >= 11 is 0. The van der Waals surface area contributed by atoms with Crippen molar-refractivity contribution < 1.29 is 17.1 Å². The van der Waals surface area contributed by atoms with E-state index in [1.54, 1.807) is 0 Å². The molecule has 0 amide bonds. The minimum Gasteiger partial charge on any atom is -0.437 e. The van der Waals surface area contributed by atoms with Gasteiger partial charge in [0.1, 0.15) is 0 Å². The molecule has 0 heterocycles. The Kier molecular flexibility index (Phi) is 23.9. The quantitative estimate of drug-likeness (QED) is 0.181. The average molecular weight is 489 g/mol. The molecule has 4 nitrogen and oxygen atoms in total. The van der Waals surface area contributed by atoms with E-state index < -0.39 is 33.8 Å². The zero-order chi connectivity index (χ0) is 19.8. The van der Waals surface area contributed by atoms with Crippen molar-refractivity contribution in [1.82, 2.24) is 0 Å². The van der Waals surface area contributed by atoms with Gasteiger partial charge in [-0.15, -0.1) is 0 Å². The number of ether oxygens (including phenoxy) is 1. The standard InChI is InChI=1S/C17H44O4Si4.4CH4/c1-11-15-18-16-13-12-14-17-25(10,20-23(5,6)7)21-24(8,9)19-22(2,3)4;;;;/h11-17H2,1-10H3;4*1H4. The second kappa shape index (κ2) is 17.3. The summed E-state index contributed by atoms with van der Waals surface area (Å²) in [5.74, 6) is 0. The molecule has 8 heteroatoms. The van der Waals surface area contributed by atoms with Gasteiger partial charge < -0.3 is 17.1 Å². The molecule has 1 unspecified atom stereocenters. The van der Waals surface area contributed by atoms with Crippen molar-refractivity contribution in [2.45, 2.75) is 127 Å². The fraction of sp³-hybridized carbons (Fsp3) is 1.00. The zero-order valence-corrected chi connectivity index (χ0v) is 22.6. The normalized spacial score (nSPS) is 13.9. The van der Waals surface area contributed by atoms with Gasteiger partial charge in [-0.25, -0.2) is 0 Å². The van der Waals surface area contributed by atoms with E-state index in [0.29, 0.717) is 0 Å². The lowest BCUT2D eigenvalue weighted by Gasteiger charge is -2.41. The molecule has 0 saturated carbocycles. The third-order valence-electron chi connectivity index (χ3n) is 3.30. The Morgan fingerprint density at radius 1 is 0.552 bits per heavy atom. The predicted octanol–water partition coefficient (Wildman–Crippen LogP) is 8.62. The maximum absolute atomic E-state index is 6.69. The van der Waals surface area contributed by atoms with E-state index in [0.717, 1.165) is 38.5 Å². The van der Waals surface area contributed by atoms with Gasteiger partial charge in [-0.1, -0.05) is 49.5 Å². The van der Waals surface area contributed by atoms with Crippen LogP contribution in [0.4, 0.5) is 0 Å². The Hall–Kier alpha value is 0.708. The molecule has 0 radical (unpaired) electrons. The molecule has 0 aliphatic carbocycles. The predicted molar refractivity (Wildman–Crippen MR) is 146 cm³/mol. The largest absolute Gasteiger partial charge is 0.437 e. The highest BCUT2D eigenvalue weighted by Crippen LogP contribution is 2.28. The lowest BCUT2D eigenvalue weighted by molar-refractivity contribution is 0.130. The molecular weight excluding hydrogens is 429 g/mol. The first kappa shape index (κ1) is 40.1. The first-order valence-electron chi connectivity index (χ1n) is 9.86. The van der Waals surface area contributed by atoms with Crippen molar-refractivity contribution in [1.29, 1.82) is 0 Å². The van der Waals surface area contributed by atoms with Crippen LogP contribution in [-0.4, -0.2) is 47.0 Å². The van der Waals surface area contributed by atoms with Crippen LogP contribution in [0.15, 0.2) is 0 Å². The maximum Gasteiger partial charge on any atom is 0.315 e. The fourth-order valence-corrected chi connectivity index (χ4v) is 21.2. The molecule has 0 aromatic heterocycles. The van der Waals surface area contributed by atoms with Gasteiger partial charge in [-0.2, -0.15) is 0 Å². The molecule has 184 valence electrons. The first-order valence-corrected chi connectivity index (χ1v) is 22.0. The molecule has 0 bridgehead atoms. The Labute approximate surface area is 191 Å². The van der Waals surface area contributed by atoms with Crippen LogP contribution in [0.25, 0.3) is 0 Å². The van der Waals surface area contributed by atoms with Crippen LogP contribution in [0, 0.1) is 0 Å². The first-order chi connectivity index (χ1) is 11.2. The topological polar surface area (TPSA) is 36.9 Å². The summed E-state index contributed by atoms with van der Waals surface area (Å²) in [4.78, 5) is 0. The smallest absolute Gasteiger partial charge is 0.315 e. The second-order valence-electron chi connectivity index (χ2n) is 9.49. The van der Waals surface area contributed by atoms with Gasteiger partial charge in [-0.3, -0.25) is 0 Å². The molecule has 0 N–H and O–H groups in total. The Morgan fingerprint density at radius 3 is 1.45 bits per heavy atom. The Bertz CT molecular complexity index is 369. The van der Waals surface area contributed by atoms with E-state index in [1.807, 2.05) is 0 Å². The molecule has 0 fully saturated rings. The maximum atomic E-state index is 6.69. The second-order valence-corrected chi connectivity index (χ2v) is 26.0. The molecule has 0 aliphatic heterocycles. The highest BCUT2D eigenvalue weighted by atomic mass is 28.5. The van der Waals surface area contributed by atoms with Crippen molar-refractivity contribution in [3.63, 3.8) is 0 Å². The van der Waals surface area contributed by atoms with E-state index in [2.05, 4.69) is 65.8 Å². The number of unbranched alkanes of at least 4 members (excludes halogenated alkanes) is 2. The molecule has 1 atom stereocenters. The van der Waals surface area contributed by atoms with Crippen molar-refractivity contribution in [3.05, 3.63) is 0 Å². The Balaban J connectivity index is -0.000000480. The van der Waals surface area contributed by atoms with Crippen LogP contribution >= 0.6 is 0 Å². The Morgan fingerprint density at radius 2 is 1.03 bits per heavy atom. The van der Waals surface area contributed by atoms with E-state index in [4.69, 9.17) is 17.1 Å². The molecule has 0 rings (SSSR count). The average Bonchev–Trinajstić information content (AvgIpc) is 2.31. The molecule has 0 aliphatic rings. The number of hydrogen-bond acceptors (Lipinski definition) is 4. The molecule has 0 spiro atoms. The van der Waals surface area contributed by atoms with Crippen molar-refractivity contribution in [2.24, 2.45) is 0 Å². The zero-order valence-electron chi connectivity index (χ0n) is 18.6. The molecular formula is C21H60O4Si4. The summed E-state index contributed by atoms with van der Waals surface area (Å²) in [7, 11) is -7.64. The van der Waals surface area contributed by atoms with E-state index in [-0.39, 0.29) is 29.7 Å². The van der Waals surface area contributed by atoms with Crippen LogP contribution < -0.4 is 0 Å². The lowest BCUT2D eigenvalue weighted by Crippen LogP contribution is -2.56. The third-order valence-corrected chi connectivity index (χ3v) is 16.9. The van der Waals surface area contributed by atoms with Gasteiger partial charge in [0.15, 0.2) is 16.6 Å². The van der Waals surface area contributed by atoms with E-state index >= 15 is 0 Å². The third kappa shape index (κ3) is 24.8. The monoisotopic (exact) mass is 488 g/mol. The summed E-state index contributed by atoms with van der Waals surface area (Å²) < 4.78 is 25.3. The molecule has 0 aromatic carbocycles. The van der Waals surface area contributed by atoms with Gasteiger partial charge in [0.05, 0.1) is 0 Å². The fourth-order valence-electron chi connectivity index (χ4n) is 3.12.